The fraction of sp³-hybridized carbons (Fsp3) is 0.333. The SMILES string of the molecule is [CH2]CC(C[CH]O)c1ccccc1C(F)(F)F. The molecule has 16 heavy (non-hydrogen) atoms. The molecule has 2 radical (unpaired) electrons. The van der Waals surface area contributed by atoms with E-state index in [1.54, 1.807) is 6.07 Å². The number of halogens is 3. The summed E-state index contributed by atoms with van der Waals surface area (Å²) in [5, 5.41) is 8.69. The van der Waals surface area contributed by atoms with Gasteiger partial charge in [0.25, 0.3) is 0 Å². The highest BCUT2D eigenvalue weighted by molar-refractivity contribution is 5.33. The Hall–Kier alpha value is -1.03. The summed E-state index contributed by atoms with van der Waals surface area (Å²) in [4.78, 5) is 0. The molecule has 4 heteroatoms. The lowest BCUT2D eigenvalue weighted by atomic mass is 9.89. The molecule has 1 aromatic carbocycles. The number of aliphatic hydroxyl groups excluding tert-OH is 1. The van der Waals surface area contributed by atoms with Crippen molar-refractivity contribution in [2.45, 2.75) is 24.9 Å². The minimum Gasteiger partial charge on any atom is -0.390 e. The Morgan fingerprint density at radius 1 is 1.31 bits per heavy atom. The first kappa shape index (κ1) is 13.0. The molecule has 0 amide bonds. The van der Waals surface area contributed by atoms with Crippen LogP contribution < -0.4 is 0 Å². The second-order valence-corrected chi connectivity index (χ2v) is 3.49. The van der Waals surface area contributed by atoms with Crippen molar-refractivity contribution in [1.29, 1.82) is 0 Å². The van der Waals surface area contributed by atoms with E-state index in [2.05, 4.69) is 6.92 Å². The number of hydrogen-bond donors (Lipinski definition) is 1. The first-order valence-electron chi connectivity index (χ1n) is 4.92. The van der Waals surface area contributed by atoms with Crippen LogP contribution in [0, 0.1) is 13.5 Å². The van der Waals surface area contributed by atoms with E-state index in [0.717, 1.165) is 12.7 Å². The van der Waals surface area contributed by atoms with E-state index in [1.807, 2.05) is 0 Å². The van der Waals surface area contributed by atoms with Crippen molar-refractivity contribution >= 4 is 0 Å². The van der Waals surface area contributed by atoms with Gasteiger partial charge in [0.05, 0.1) is 12.2 Å². The number of rotatable bonds is 4. The maximum absolute atomic E-state index is 12.7. The van der Waals surface area contributed by atoms with Crippen LogP contribution in [0.5, 0.6) is 0 Å². The molecule has 0 aliphatic rings. The van der Waals surface area contributed by atoms with Crippen molar-refractivity contribution in [1.82, 2.24) is 0 Å². The Kier molecular flexibility index (Phi) is 4.35. The van der Waals surface area contributed by atoms with Crippen LogP contribution in [0.1, 0.15) is 29.9 Å². The predicted molar refractivity (Wildman–Crippen MR) is 55.0 cm³/mol. The number of benzene rings is 1. The van der Waals surface area contributed by atoms with Gasteiger partial charge in [-0.2, -0.15) is 13.2 Å². The molecular weight excluding hydrogens is 217 g/mol. The van der Waals surface area contributed by atoms with E-state index in [1.165, 1.54) is 12.1 Å². The van der Waals surface area contributed by atoms with Crippen LogP contribution in [0.4, 0.5) is 13.2 Å². The molecule has 0 bridgehead atoms. The van der Waals surface area contributed by atoms with Crippen LogP contribution in [-0.4, -0.2) is 5.11 Å². The summed E-state index contributed by atoms with van der Waals surface area (Å²) in [5.41, 5.74) is -0.458. The van der Waals surface area contributed by atoms with E-state index in [-0.39, 0.29) is 12.0 Å². The van der Waals surface area contributed by atoms with Crippen molar-refractivity contribution in [2.24, 2.45) is 0 Å². The molecule has 0 aliphatic heterocycles. The van der Waals surface area contributed by atoms with Gasteiger partial charge in [-0.05, 0) is 30.4 Å². The molecular formula is C12H13F3O. The average Bonchev–Trinajstić information content (AvgIpc) is 2.25. The summed E-state index contributed by atoms with van der Waals surface area (Å²) in [6.07, 6.45) is -3.87. The molecule has 1 aromatic rings. The second-order valence-electron chi connectivity index (χ2n) is 3.49. The number of alkyl halides is 3. The van der Waals surface area contributed by atoms with Crippen molar-refractivity contribution in [3.8, 4) is 0 Å². The van der Waals surface area contributed by atoms with Crippen LogP contribution >= 0.6 is 0 Å². The Balaban J connectivity index is 3.11. The quantitative estimate of drug-likeness (QED) is 0.830. The second kappa shape index (κ2) is 5.34. The summed E-state index contributed by atoms with van der Waals surface area (Å²) < 4.78 is 38.1. The molecule has 0 fully saturated rings. The molecule has 0 spiro atoms. The largest absolute Gasteiger partial charge is 0.416 e. The third-order valence-electron chi connectivity index (χ3n) is 2.44. The summed E-state index contributed by atoms with van der Waals surface area (Å²) in [6, 6.07) is 5.40. The Morgan fingerprint density at radius 2 is 1.94 bits per heavy atom. The highest BCUT2D eigenvalue weighted by atomic mass is 19.4. The first-order valence-corrected chi connectivity index (χ1v) is 4.92. The van der Waals surface area contributed by atoms with Crippen molar-refractivity contribution in [2.75, 3.05) is 0 Å². The van der Waals surface area contributed by atoms with Crippen molar-refractivity contribution < 1.29 is 18.3 Å². The summed E-state index contributed by atoms with van der Waals surface area (Å²) in [6.45, 7) is 4.48. The molecule has 1 atom stereocenters. The molecule has 0 aliphatic carbocycles. The summed E-state index contributed by atoms with van der Waals surface area (Å²) >= 11 is 0. The highest BCUT2D eigenvalue weighted by Crippen LogP contribution is 2.37. The van der Waals surface area contributed by atoms with E-state index in [4.69, 9.17) is 5.11 Å². The molecule has 88 valence electrons. The number of hydrogen-bond acceptors (Lipinski definition) is 1. The van der Waals surface area contributed by atoms with Gasteiger partial charge in [0.1, 0.15) is 0 Å². The zero-order chi connectivity index (χ0) is 12.2. The predicted octanol–water partition coefficient (Wildman–Crippen LogP) is 3.94. The molecule has 1 nitrogen and oxygen atoms in total. The summed E-state index contributed by atoms with van der Waals surface area (Å²) in [5.74, 6) is -0.400. The Labute approximate surface area is 92.9 Å². The fourth-order valence-electron chi connectivity index (χ4n) is 1.64. The lowest BCUT2D eigenvalue weighted by Gasteiger charge is -2.19. The van der Waals surface area contributed by atoms with E-state index >= 15 is 0 Å². The Bertz CT molecular complexity index is 333. The van der Waals surface area contributed by atoms with Gasteiger partial charge in [-0.25, -0.2) is 0 Å². The lowest BCUT2D eigenvalue weighted by Crippen LogP contribution is -2.12. The van der Waals surface area contributed by atoms with E-state index in [0.29, 0.717) is 6.42 Å². The van der Waals surface area contributed by atoms with Crippen molar-refractivity contribution in [3.63, 3.8) is 0 Å². The molecule has 0 aromatic heterocycles. The van der Waals surface area contributed by atoms with Crippen LogP contribution in [0.3, 0.4) is 0 Å². The van der Waals surface area contributed by atoms with E-state index < -0.39 is 17.7 Å². The maximum atomic E-state index is 12.7. The van der Waals surface area contributed by atoms with Gasteiger partial charge in [0.2, 0.25) is 0 Å². The minimum atomic E-state index is -4.36. The highest BCUT2D eigenvalue weighted by Gasteiger charge is 2.34. The van der Waals surface area contributed by atoms with Crippen molar-refractivity contribution in [3.05, 3.63) is 48.9 Å². The lowest BCUT2D eigenvalue weighted by molar-refractivity contribution is -0.138. The Morgan fingerprint density at radius 3 is 2.44 bits per heavy atom. The third-order valence-corrected chi connectivity index (χ3v) is 2.44. The molecule has 1 rings (SSSR count). The topological polar surface area (TPSA) is 20.2 Å². The van der Waals surface area contributed by atoms with Gasteiger partial charge < -0.3 is 5.11 Å². The van der Waals surface area contributed by atoms with Gasteiger partial charge in [0.15, 0.2) is 0 Å². The zero-order valence-corrected chi connectivity index (χ0v) is 8.67. The third kappa shape index (κ3) is 2.98. The van der Waals surface area contributed by atoms with Crippen LogP contribution in [0.2, 0.25) is 0 Å². The van der Waals surface area contributed by atoms with Crippen LogP contribution in [-0.2, 0) is 6.18 Å². The van der Waals surface area contributed by atoms with Gasteiger partial charge in [-0.15, -0.1) is 0 Å². The van der Waals surface area contributed by atoms with Gasteiger partial charge >= 0.3 is 6.18 Å². The first-order chi connectivity index (χ1) is 7.50. The molecule has 0 saturated carbocycles. The normalized spacial score (nSPS) is 13.8. The molecule has 0 heterocycles. The summed E-state index contributed by atoms with van der Waals surface area (Å²) in [7, 11) is 0. The molecule has 1 unspecified atom stereocenters. The monoisotopic (exact) mass is 230 g/mol. The van der Waals surface area contributed by atoms with Gasteiger partial charge in [0, 0.05) is 0 Å². The minimum absolute atomic E-state index is 0.177. The van der Waals surface area contributed by atoms with Gasteiger partial charge in [-0.3, -0.25) is 0 Å². The molecule has 0 saturated heterocycles. The van der Waals surface area contributed by atoms with Crippen LogP contribution in [0.15, 0.2) is 24.3 Å². The standard InChI is InChI=1S/C12H13F3O/c1-2-9(7-8-16)10-5-3-4-6-11(10)12(13,14)15/h3-6,8-9,16H,1-2,7H2. The molecule has 1 N–H and O–H groups in total. The maximum Gasteiger partial charge on any atom is 0.416 e. The number of aliphatic hydroxyl groups is 1. The zero-order valence-electron chi connectivity index (χ0n) is 8.67. The van der Waals surface area contributed by atoms with E-state index in [9.17, 15) is 13.2 Å². The fourth-order valence-corrected chi connectivity index (χ4v) is 1.64. The van der Waals surface area contributed by atoms with Crippen LogP contribution in [0.25, 0.3) is 0 Å². The van der Waals surface area contributed by atoms with Gasteiger partial charge in [-0.1, -0.05) is 25.1 Å². The smallest absolute Gasteiger partial charge is 0.390 e. The average molecular weight is 230 g/mol.